The van der Waals surface area contributed by atoms with Gasteiger partial charge in [-0.05, 0) is 99.6 Å². The lowest BCUT2D eigenvalue weighted by Gasteiger charge is -2.40. The van der Waals surface area contributed by atoms with Crippen LogP contribution >= 0.6 is 0 Å². The lowest BCUT2D eigenvalue weighted by atomic mass is 9.94. The first kappa shape index (κ1) is 47.7. The van der Waals surface area contributed by atoms with Crippen molar-refractivity contribution < 1.29 is 31.9 Å². The van der Waals surface area contributed by atoms with E-state index in [1.165, 1.54) is 21.7 Å². The quantitative estimate of drug-likeness (QED) is 0.0794. The molecule has 3 aromatic heterocycles. The highest BCUT2D eigenvalue weighted by molar-refractivity contribution is 6.03. The summed E-state index contributed by atoms with van der Waals surface area (Å²) in [5.41, 5.74) is 3.19. The Balaban J connectivity index is 0.740. The number of imidazole rings is 1. The molecule has 2 amide bonds. The van der Waals surface area contributed by atoms with Crippen molar-refractivity contribution in [1.29, 1.82) is 0 Å². The van der Waals surface area contributed by atoms with Gasteiger partial charge < -0.3 is 24.3 Å². The van der Waals surface area contributed by atoms with Crippen LogP contribution in [0.4, 0.5) is 29.1 Å². The van der Waals surface area contributed by atoms with Crippen molar-refractivity contribution in [2.45, 2.75) is 77.2 Å². The van der Waals surface area contributed by atoms with E-state index in [-0.39, 0.29) is 70.3 Å². The Morgan fingerprint density at radius 1 is 0.875 bits per heavy atom. The molecule has 6 aromatic rings. The molecule has 1 saturated carbocycles. The van der Waals surface area contributed by atoms with E-state index in [0.717, 1.165) is 94.8 Å². The molecule has 7 heterocycles. The monoisotopic (exact) mass is 986 g/mol. The number of imide groups is 1. The van der Waals surface area contributed by atoms with E-state index < -0.39 is 36.1 Å². The fraction of sp³-hybridized carbons (Fsp3) is 0.481. The second kappa shape index (κ2) is 18.8. The van der Waals surface area contributed by atoms with E-state index in [9.17, 15) is 23.2 Å². The Labute approximate surface area is 414 Å². The fourth-order valence-corrected chi connectivity index (χ4v) is 11.6. The molecular formula is C54H58F4N10O4. The molecule has 1 atom stereocenters. The van der Waals surface area contributed by atoms with Gasteiger partial charge in [0.15, 0.2) is 5.82 Å². The Hall–Kier alpha value is -6.58. The Morgan fingerprint density at radius 2 is 1.65 bits per heavy atom. The smallest absolute Gasteiger partial charge is 0.329 e. The first-order chi connectivity index (χ1) is 34.7. The number of halogens is 4. The highest BCUT2D eigenvalue weighted by Gasteiger charge is 2.46. The molecule has 18 heteroatoms. The molecule has 4 saturated heterocycles. The first-order valence-electron chi connectivity index (χ1n) is 25.2. The molecule has 5 fully saturated rings. The van der Waals surface area contributed by atoms with Crippen molar-refractivity contribution in [2.24, 2.45) is 18.4 Å². The molecule has 1 N–H and O–H groups in total. The zero-order valence-electron chi connectivity index (χ0n) is 40.9. The van der Waals surface area contributed by atoms with Gasteiger partial charge in [-0.3, -0.25) is 29.0 Å². The van der Waals surface area contributed by atoms with Crippen LogP contribution in [0.15, 0.2) is 53.5 Å². The van der Waals surface area contributed by atoms with Gasteiger partial charge in [0.1, 0.15) is 28.9 Å². The second-order valence-electron chi connectivity index (χ2n) is 20.7. The number of amides is 2. The number of ether oxygens (including phenoxy) is 1. The van der Waals surface area contributed by atoms with E-state index >= 15 is 8.78 Å². The maximum atomic E-state index is 17.2. The maximum Gasteiger partial charge on any atom is 0.329 e. The van der Waals surface area contributed by atoms with E-state index in [4.69, 9.17) is 4.74 Å². The number of pyridine rings is 1. The number of anilines is 2. The summed E-state index contributed by atoms with van der Waals surface area (Å²) in [5.74, 6) is 1.30. The largest absolute Gasteiger partial charge is 0.463 e. The number of carbonyl (C=O) groups excluding carboxylic acids is 2. The van der Waals surface area contributed by atoms with Crippen LogP contribution in [0, 0.1) is 41.7 Å². The zero-order chi connectivity index (χ0) is 50.1. The number of fused-ring (bicyclic) bond motifs is 3. The first-order valence-corrected chi connectivity index (χ1v) is 25.2. The van der Waals surface area contributed by atoms with Crippen molar-refractivity contribution in [3.8, 4) is 29.1 Å². The van der Waals surface area contributed by atoms with Crippen LogP contribution in [-0.2, 0) is 16.6 Å². The zero-order valence-corrected chi connectivity index (χ0v) is 40.9. The van der Waals surface area contributed by atoms with Gasteiger partial charge in [0.25, 0.3) is 5.92 Å². The minimum absolute atomic E-state index is 0.0607. The van der Waals surface area contributed by atoms with Gasteiger partial charge in [-0.1, -0.05) is 18.1 Å². The number of carbonyl (C=O) groups is 2. The van der Waals surface area contributed by atoms with Gasteiger partial charge in [-0.15, -0.1) is 5.92 Å². The molecule has 0 radical (unpaired) electrons. The SMILES string of the molecule is CC#Cc1c(F)ccc2cc(C)cc(-c3ncc4c(N5CCCC(F)(F)C5)nc(OCC5(CN6CCN(CC7CCN(c8ccc9c(c8)n(C)c(=O)n9C8CCC(=O)NC8=O)CC7)CC6)CC5)nc4c3F)c12. The number of aromatic nitrogens is 5. The molecular weight excluding hydrogens is 929 g/mol. The van der Waals surface area contributed by atoms with Crippen molar-refractivity contribution in [3.05, 3.63) is 81.9 Å². The van der Waals surface area contributed by atoms with Crippen molar-refractivity contribution in [2.75, 3.05) is 81.9 Å². The standard InChI is InChI=1S/C54H58F4N10O4/c1-4-6-37-40(55)9-7-35-25-33(2)26-38(45(35)37)47-46(56)48-39(28-59-47)49(67-18-5-15-54(57,58)31-67)62-51(61-48)72-32-53(16-17-53)30-65-23-21-64(22-24-65)29-34-13-19-66(20-14-34)36-8-10-41-43(27-36)63(3)52(71)68(41)42-11-12-44(69)60-50(42)70/h7-10,25-28,34,42H,5,11-24,29-32H2,1-3H3,(H,60,69,70). The maximum absolute atomic E-state index is 17.2. The number of alkyl halides is 2. The predicted octanol–water partition coefficient (Wildman–Crippen LogP) is 7.36. The number of rotatable bonds is 11. The topological polar surface area (TPSA) is 134 Å². The molecule has 1 aliphatic carbocycles. The average molecular weight is 987 g/mol. The summed E-state index contributed by atoms with van der Waals surface area (Å²) >= 11 is 0. The number of nitrogens with one attached hydrogen (secondary N) is 1. The summed E-state index contributed by atoms with van der Waals surface area (Å²) in [5, 5.41) is 3.66. The number of piperidine rings is 3. The number of piperazine rings is 1. The van der Waals surface area contributed by atoms with Crippen LogP contribution in [-0.4, -0.2) is 124 Å². The number of aryl methyl sites for hydroxylation is 2. The third-order valence-electron chi connectivity index (χ3n) is 15.6. The molecule has 4 aliphatic heterocycles. The average Bonchev–Trinajstić information content (AvgIpc) is 4.09. The summed E-state index contributed by atoms with van der Waals surface area (Å²) in [7, 11) is 1.72. The Kier molecular flexibility index (Phi) is 12.5. The molecule has 5 aliphatic rings. The molecule has 72 heavy (non-hydrogen) atoms. The van der Waals surface area contributed by atoms with Crippen LogP contribution in [0.2, 0.25) is 0 Å². The minimum atomic E-state index is -2.96. The molecule has 376 valence electrons. The lowest BCUT2D eigenvalue weighted by molar-refractivity contribution is -0.135. The number of benzene rings is 3. The van der Waals surface area contributed by atoms with Gasteiger partial charge in [0.05, 0.1) is 35.1 Å². The third kappa shape index (κ3) is 9.14. The highest BCUT2D eigenvalue weighted by atomic mass is 19.3. The van der Waals surface area contributed by atoms with Gasteiger partial charge >= 0.3 is 11.7 Å². The highest BCUT2D eigenvalue weighted by Crippen LogP contribution is 2.47. The third-order valence-corrected chi connectivity index (χ3v) is 15.6. The molecule has 11 rings (SSSR count). The van der Waals surface area contributed by atoms with Crippen LogP contribution in [0.1, 0.15) is 75.5 Å². The van der Waals surface area contributed by atoms with Crippen molar-refractivity contribution >= 4 is 56.0 Å². The minimum Gasteiger partial charge on any atom is -0.463 e. The number of nitrogens with zero attached hydrogens (tertiary/aromatic N) is 9. The van der Waals surface area contributed by atoms with Crippen LogP contribution in [0.25, 0.3) is 44.0 Å². The van der Waals surface area contributed by atoms with Gasteiger partial charge in [-0.25, -0.2) is 22.4 Å². The Bertz CT molecular complexity index is 3270. The van der Waals surface area contributed by atoms with Gasteiger partial charge in [0.2, 0.25) is 11.8 Å². The fourth-order valence-electron chi connectivity index (χ4n) is 11.6. The van der Waals surface area contributed by atoms with Crippen molar-refractivity contribution in [3.63, 3.8) is 0 Å². The van der Waals surface area contributed by atoms with E-state index in [0.29, 0.717) is 47.3 Å². The summed E-state index contributed by atoms with van der Waals surface area (Å²) in [6, 6.07) is 11.8. The molecule has 0 spiro atoms. The molecule has 0 bridgehead atoms. The van der Waals surface area contributed by atoms with Crippen molar-refractivity contribution in [1.82, 2.24) is 39.2 Å². The summed E-state index contributed by atoms with van der Waals surface area (Å²) in [6.07, 6.45) is 5.89. The van der Waals surface area contributed by atoms with Gasteiger partial charge in [-0.2, -0.15) is 9.97 Å². The normalized spacial score (nSPS) is 20.8. The summed E-state index contributed by atoms with van der Waals surface area (Å²) < 4.78 is 71.7. The van der Waals surface area contributed by atoms with Crippen LogP contribution in [0.3, 0.4) is 0 Å². The summed E-state index contributed by atoms with van der Waals surface area (Å²) in [4.78, 5) is 60.5. The second-order valence-corrected chi connectivity index (χ2v) is 20.7. The van der Waals surface area contributed by atoms with Crippen LogP contribution < -0.4 is 25.5 Å². The van der Waals surface area contributed by atoms with Crippen LogP contribution in [0.5, 0.6) is 6.01 Å². The number of hydrogen-bond acceptors (Lipinski definition) is 11. The van der Waals surface area contributed by atoms with E-state index in [1.807, 2.05) is 31.2 Å². The summed E-state index contributed by atoms with van der Waals surface area (Å²) in [6.45, 7) is 10.9. The molecule has 3 aromatic carbocycles. The van der Waals surface area contributed by atoms with Gasteiger partial charge in [0, 0.05) is 107 Å². The predicted molar refractivity (Wildman–Crippen MR) is 267 cm³/mol. The molecule has 1 unspecified atom stereocenters. The Morgan fingerprint density at radius 3 is 2.39 bits per heavy atom. The molecule has 14 nitrogen and oxygen atoms in total. The number of hydrogen-bond donors (Lipinski definition) is 1. The lowest BCUT2D eigenvalue weighted by Crippen LogP contribution is -2.50. The van der Waals surface area contributed by atoms with E-state index in [2.05, 4.69) is 46.8 Å². The van der Waals surface area contributed by atoms with E-state index in [1.54, 1.807) is 30.7 Å².